The molecule has 1 saturated heterocycles. The minimum atomic E-state index is -0.835. The molecule has 146 valence electrons. The smallest absolute Gasteiger partial charge is 0.417 e. The first-order valence-corrected chi connectivity index (χ1v) is 9.22. The van der Waals surface area contributed by atoms with Crippen molar-refractivity contribution < 1.29 is 19.1 Å². The molecule has 3 amide bonds. The van der Waals surface area contributed by atoms with Crippen molar-refractivity contribution in [3.63, 3.8) is 0 Å². The maximum Gasteiger partial charge on any atom is 0.417 e. The Balaban J connectivity index is 1.92. The van der Waals surface area contributed by atoms with Crippen LogP contribution in [0.2, 0.25) is 0 Å². The van der Waals surface area contributed by atoms with Crippen molar-refractivity contribution in [1.29, 1.82) is 0 Å². The van der Waals surface area contributed by atoms with Crippen LogP contribution in [0, 0.1) is 0 Å². The topological polar surface area (TPSA) is 66.9 Å². The number of hydrogen-bond donors (Lipinski definition) is 0. The lowest BCUT2D eigenvalue weighted by molar-refractivity contribution is -0.135. The van der Waals surface area contributed by atoms with Crippen LogP contribution in [-0.2, 0) is 16.1 Å². The number of carbonyl (C=O) groups excluding carboxylic acids is 3. The lowest BCUT2D eigenvalue weighted by Gasteiger charge is -2.34. The molecule has 0 spiro atoms. The quantitative estimate of drug-likeness (QED) is 0.797. The molecule has 1 atom stereocenters. The van der Waals surface area contributed by atoms with E-state index < -0.39 is 23.6 Å². The number of rotatable bonds is 5. The molecule has 0 bridgehead atoms. The normalized spacial score (nSPS) is 16.4. The lowest BCUT2D eigenvalue weighted by atomic mass is 10.0. The maximum absolute atomic E-state index is 13.2. The van der Waals surface area contributed by atoms with Crippen LogP contribution in [0.15, 0.2) is 60.7 Å². The average molecular weight is 380 g/mol. The van der Waals surface area contributed by atoms with Gasteiger partial charge in [0, 0.05) is 12.1 Å². The molecule has 6 heteroatoms. The number of imide groups is 1. The van der Waals surface area contributed by atoms with Gasteiger partial charge in [0.2, 0.25) is 0 Å². The van der Waals surface area contributed by atoms with Gasteiger partial charge in [-0.15, -0.1) is 0 Å². The minimum Gasteiger partial charge on any atom is -0.447 e. The molecule has 0 radical (unpaired) electrons. The van der Waals surface area contributed by atoms with Crippen molar-refractivity contribution in [2.45, 2.75) is 38.9 Å². The number of carbonyl (C=O) groups is 3. The van der Waals surface area contributed by atoms with Crippen molar-refractivity contribution in [2.24, 2.45) is 0 Å². The largest absolute Gasteiger partial charge is 0.447 e. The summed E-state index contributed by atoms with van der Waals surface area (Å²) >= 11 is 0. The summed E-state index contributed by atoms with van der Waals surface area (Å²) in [6.45, 7) is 5.57. The van der Waals surface area contributed by atoms with Crippen LogP contribution >= 0.6 is 0 Å². The van der Waals surface area contributed by atoms with Crippen molar-refractivity contribution in [2.75, 3.05) is 6.61 Å². The molecule has 3 rings (SSSR count). The van der Waals surface area contributed by atoms with Gasteiger partial charge in [-0.2, -0.15) is 0 Å². The number of hydrogen-bond acceptors (Lipinski definition) is 4. The summed E-state index contributed by atoms with van der Waals surface area (Å²) in [5, 5.41) is 0. The van der Waals surface area contributed by atoms with Gasteiger partial charge >= 0.3 is 6.09 Å². The molecular formula is C22H24N2O4. The molecule has 0 saturated carbocycles. The van der Waals surface area contributed by atoms with Crippen LogP contribution in [-0.4, -0.2) is 45.9 Å². The summed E-state index contributed by atoms with van der Waals surface area (Å²) in [5.74, 6) is -0.719. The number of cyclic esters (lactones) is 1. The molecule has 0 N–H and O–H groups in total. The van der Waals surface area contributed by atoms with Crippen molar-refractivity contribution in [1.82, 2.24) is 9.80 Å². The monoisotopic (exact) mass is 380 g/mol. The van der Waals surface area contributed by atoms with E-state index in [9.17, 15) is 14.4 Å². The fourth-order valence-electron chi connectivity index (χ4n) is 3.23. The first-order chi connectivity index (χ1) is 13.3. The number of ether oxygens (including phenoxy) is 1. The van der Waals surface area contributed by atoms with Gasteiger partial charge in [-0.3, -0.25) is 9.59 Å². The van der Waals surface area contributed by atoms with Crippen molar-refractivity contribution >= 4 is 17.9 Å². The van der Waals surface area contributed by atoms with E-state index in [2.05, 4.69) is 0 Å². The van der Waals surface area contributed by atoms with Crippen LogP contribution < -0.4 is 0 Å². The average Bonchev–Trinajstić information content (AvgIpc) is 2.98. The van der Waals surface area contributed by atoms with Crippen molar-refractivity contribution in [3.05, 3.63) is 71.8 Å². The molecule has 0 aliphatic carbocycles. The first kappa shape index (κ1) is 19.6. The Labute approximate surface area is 164 Å². The van der Waals surface area contributed by atoms with Gasteiger partial charge < -0.3 is 9.64 Å². The van der Waals surface area contributed by atoms with Gasteiger partial charge in [-0.25, -0.2) is 9.69 Å². The lowest BCUT2D eigenvalue weighted by Crippen LogP contribution is -2.54. The fourth-order valence-corrected chi connectivity index (χ4v) is 3.23. The minimum absolute atomic E-state index is 0.135. The second kappa shape index (κ2) is 7.84. The highest BCUT2D eigenvalue weighted by molar-refractivity contribution is 6.01. The summed E-state index contributed by atoms with van der Waals surface area (Å²) in [6.07, 6.45) is -0.673. The standard InChI is InChI=1S/C22H24N2O4/c1-16(19(25)24-21(27)28-15-22(24,2)3)23(14-17-10-6-4-7-11-17)20(26)18-12-8-5-9-13-18/h4-13,16H,14-15H2,1-3H3. The van der Waals surface area contributed by atoms with Gasteiger partial charge in [0.05, 0.1) is 5.54 Å². The van der Waals surface area contributed by atoms with E-state index in [0.717, 1.165) is 10.5 Å². The van der Waals surface area contributed by atoms with E-state index in [1.165, 1.54) is 4.90 Å². The van der Waals surface area contributed by atoms with Gasteiger partial charge in [0.25, 0.3) is 11.8 Å². The predicted octanol–water partition coefficient (Wildman–Crippen LogP) is 3.47. The summed E-state index contributed by atoms with van der Waals surface area (Å²) in [7, 11) is 0. The Hall–Kier alpha value is -3.15. The summed E-state index contributed by atoms with van der Waals surface area (Å²) in [6, 6.07) is 17.4. The highest BCUT2D eigenvalue weighted by Crippen LogP contribution is 2.26. The van der Waals surface area contributed by atoms with Gasteiger partial charge in [0.15, 0.2) is 0 Å². The molecule has 1 heterocycles. The Morgan fingerprint density at radius 2 is 1.64 bits per heavy atom. The van der Waals surface area contributed by atoms with Crippen LogP contribution in [0.1, 0.15) is 36.7 Å². The second-order valence-electron chi connectivity index (χ2n) is 7.50. The van der Waals surface area contributed by atoms with E-state index in [0.29, 0.717) is 5.56 Å². The van der Waals surface area contributed by atoms with Gasteiger partial charge in [0.1, 0.15) is 12.6 Å². The highest BCUT2D eigenvalue weighted by Gasteiger charge is 2.46. The fraction of sp³-hybridized carbons (Fsp3) is 0.318. The maximum atomic E-state index is 13.2. The summed E-state index contributed by atoms with van der Waals surface area (Å²) < 4.78 is 5.06. The third kappa shape index (κ3) is 3.91. The molecule has 1 unspecified atom stereocenters. The number of benzene rings is 2. The van der Waals surface area contributed by atoms with Gasteiger partial charge in [-0.05, 0) is 38.5 Å². The Morgan fingerprint density at radius 3 is 2.18 bits per heavy atom. The van der Waals surface area contributed by atoms with Crippen LogP contribution in [0.25, 0.3) is 0 Å². The summed E-state index contributed by atoms with van der Waals surface area (Å²) in [5.41, 5.74) is 0.632. The Kier molecular flexibility index (Phi) is 5.49. The molecule has 0 aromatic heterocycles. The third-order valence-electron chi connectivity index (χ3n) is 4.86. The zero-order valence-electron chi connectivity index (χ0n) is 16.3. The second-order valence-corrected chi connectivity index (χ2v) is 7.50. The predicted molar refractivity (Wildman–Crippen MR) is 104 cm³/mol. The summed E-state index contributed by atoms with van der Waals surface area (Å²) in [4.78, 5) is 41.1. The zero-order chi connectivity index (χ0) is 20.3. The Bertz CT molecular complexity index is 865. The molecule has 6 nitrogen and oxygen atoms in total. The molecule has 28 heavy (non-hydrogen) atoms. The highest BCUT2D eigenvalue weighted by atomic mass is 16.6. The van der Waals surface area contributed by atoms with Crippen molar-refractivity contribution in [3.8, 4) is 0 Å². The molecular weight excluding hydrogens is 356 g/mol. The van der Waals surface area contributed by atoms with Crippen LogP contribution in [0.3, 0.4) is 0 Å². The number of nitrogens with zero attached hydrogens (tertiary/aromatic N) is 2. The Morgan fingerprint density at radius 1 is 1.07 bits per heavy atom. The van der Waals surface area contributed by atoms with E-state index in [4.69, 9.17) is 4.74 Å². The zero-order valence-corrected chi connectivity index (χ0v) is 16.3. The van der Waals surface area contributed by atoms with E-state index >= 15 is 0 Å². The van der Waals surface area contributed by atoms with E-state index in [1.54, 1.807) is 45.0 Å². The SMILES string of the molecule is CC(C(=O)N1C(=O)OCC1(C)C)N(Cc1ccccc1)C(=O)c1ccccc1. The van der Waals surface area contributed by atoms with E-state index in [1.807, 2.05) is 36.4 Å². The molecule has 1 aliphatic rings. The number of amides is 3. The molecule has 2 aromatic carbocycles. The third-order valence-corrected chi connectivity index (χ3v) is 4.86. The molecule has 1 fully saturated rings. The van der Waals surface area contributed by atoms with Crippen LogP contribution in [0.4, 0.5) is 4.79 Å². The molecule has 1 aliphatic heterocycles. The van der Waals surface area contributed by atoms with E-state index in [-0.39, 0.29) is 19.1 Å². The van der Waals surface area contributed by atoms with Gasteiger partial charge in [-0.1, -0.05) is 48.5 Å². The van der Waals surface area contributed by atoms with Crippen LogP contribution in [0.5, 0.6) is 0 Å². The molecule has 2 aromatic rings. The first-order valence-electron chi connectivity index (χ1n) is 9.22.